The highest BCUT2D eigenvalue weighted by atomic mass is 19.1. The maximum Gasteiger partial charge on any atom is 0.306 e. The molecule has 92 valence electrons. The maximum absolute atomic E-state index is 13.6. The van der Waals surface area contributed by atoms with E-state index in [2.05, 4.69) is 15.3 Å². The summed E-state index contributed by atoms with van der Waals surface area (Å²) in [4.78, 5) is 18.4. The first-order valence-corrected chi connectivity index (χ1v) is 5.54. The highest BCUT2D eigenvalue weighted by Crippen LogP contribution is 2.28. The third-order valence-corrected chi connectivity index (χ3v) is 3.09. The van der Waals surface area contributed by atoms with Gasteiger partial charge in [-0.15, -0.1) is 0 Å². The second-order valence-corrected chi connectivity index (χ2v) is 4.31. The first-order valence-electron chi connectivity index (χ1n) is 5.54. The molecule has 2 unspecified atom stereocenters. The van der Waals surface area contributed by atoms with Crippen LogP contribution in [-0.2, 0) is 4.79 Å². The van der Waals surface area contributed by atoms with Crippen molar-refractivity contribution in [2.75, 3.05) is 5.32 Å². The highest BCUT2D eigenvalue weighted by molar-refractivity contribution is 5.70. The lowest BCUT2D eigenvalue weighted by molar-refractivity contribution is -0.141. The fourth-order valence-electron chi connectivity index (χ4n) is 2.09. The molecule has 0 bridgehead atoms. The van der Waals surface area contributed by atoms with Gasteiger partial charge in [-0.25, -0.2) is 14.4 Å². The van der Waals surface area contributed by atoms with Crippen molar-refractivity contribution in [1.82, 2.24) is 9.97 Å². The second-order valence-electron chi connectivity index (χ2n) is 4.31. The average Bonchev–Trinajstić information content (AvgIpc) is 2.73. The summed E-state index contributed by atoms with van der Waals surface area (Å²) in [5, 5.41) is 11.8. The first-order chi connectivity index (χ1) is 8.08. The molecule has 0 aromatic carbocycles. The van der Waals surface area contributed by atoms with Crippen LogP contribution in [0.5, 0.6) is 0 Å². The van der Waals surface area contributed by atoms with Crippen LogP contribution >= 0.6 is 0 Å². The molecule has 5 nitrogen and oxygen atoms in total. The van der Waals surface area contributed by atoms with E-state index in [0.717, 1.165) is 6.42 Å². The van der Waals surface area contributed by atoms with Gasteiger partial charge in [-0.05, 0) is 26.2 Å². The van der Waals surface area contributed by atoms with E-state index in [-0.39, 0.29) is 23.5 Å². The van der Waals surface area contributed by atoms with Gasteiger partial charge in [0.25, 0.3) is 0 Å². The number of carbonyl (C=O) groups is 1. The third-order valence-electron chi connectivity index (χ3n) is 3.09. The van der Waals surface area contributed by atoms with Crippen molar-refractivity contribution >= 4 is 11.8 Å². The van der Waals surface area contributed by atoms with Gasteiger partial charge in [0.15, 0.2) is 11.6 Å². The molecule has 6 heteroatoms. The number of hydrogen-bond acceptors (Lipinski definition) is 4. The van der Waals surface area contributed by atoms with E-state index in [4.69, 9.17) is 5.11 Å². The molecule has 2 N–H and O–H groups in total. The quantitative estimate of drug-likeness (QED) is 0.837. The Labute approximate surface area is 98.1 Å². The third kappa shape index (κ3) is 2.51. The van der Waals surface area contributed by atoms with Gasteiger partial charge < -0.3 is 10.4 Å². The lowest BCUT2D eigenvalue weighted by Gasteiger charge is -2.13. The molecule has 1 saturated carbocycles. The topological polar surface area (TPSA) is 75.1 Å². The van der Waals surface area contributed by atoms with Crippen molar-refractivity contribution in [2.24, 2.45) is 5.92 Å². The Kier molecular flexibility index (Phi) is 3.21. The standard InChI is InChI=1S/C11H14FN3O2/c1-6-9(12)10(14-5-13-6)15-8-3-2-7(4-8)11(16)17/h5,7-8H,2-4H2,1H3,(H,16,17)(H,13,14,15). The van der Waals surface area contributed by atoms with E-state index < -0.39 is 11.8 Å². The molecule has 0 amide bonds. The molecule has 1 aliphatic rings. The predicted molar refractivity (Wildman–Crippen MR) is 59.1 cm³/mol. The van der Waals surface area contributed by atoms with Crippen molar-refractivity contribution in [2.45, 2.75) is 32.2 Å². The van der Waals surface area contributed by atoms with Crippen molar-refractivity contribution in [3.05, 3.63) is 17.8 Å². The maximum atomic E-state index is 13.6. The fraction of sp³-hybridized carbons (Fsp3) is 0.545. The summed E-state index contributed by atoms with van der Waals surface area (Å²) in [6.07, 6.45) is 3.15. The Morgan fingerprint density at radius 2 is 2.29 bits per heavy atom. The van der Waals surface area contributed by atoms with Crippen LogP contribution in [0.2, 0.25) is 0 Å². The summed E-state index contributed by atoms with van der Waals surface area (Å²) >= 11 is 0. The summed E-state index contributed by atoms with van der Waals surface area (Å²) in [7, 11) is 0. The molecule has 1 aromatic rings. The van der Waals surface area contributed by atoms with Gasteiger partial charge in [-0.3, -0.25) is 4.79 Å². The number of aromatic nitrogens is 2. The van der Waals surface area contributed by atoms with Crippen LogP contribution in [0, 0.1) is 18.7 Å². The Hall–Kier alpha value is -1.72. The van der Waals surface area contributed by atoms with E-state index in [1.54, 1.807) is 6.92 Å². The molecule has 1 fully saturated rings. The number of hydrogen-bond donors (Lipinski definition) is 2. The van der Waals surface area contributed by atoms with Crippen LogP contribution in [0.1, 0.15) is 25.0 Å². The zero-order valence-corrected chi connectivity index (χ0v) is 9.48. The van der Waals surface area contributed by atoms with Crippen molar-refractivity contribution in [3.63, 3.8) is 0 Å². The summed E-state index contributed by atoms with van der Waals surface area (Å²) in [6.45, 7) is 1.57. The number of halogens is 1. The molecule has 0 radical (unpaired) electrons. The molecule has 2 atom stereocenters. The van der Waals surface area contributed by atoms with Crippen LogP contribution in [-0.4, -0.2) is 27.1 Å². The number of carboxylic acids is 1. The predicted octanol–water partition coefficient (Wildman–Crippen LogP) is 1.59. The molecular weight excluding hydrogens is 225 g/mol. The molecule has 1 heterocycles. The molecule has 0 spiro atoms. The van der Waals surface area contributed by atoms with Crippen molar-refractivity contribution in [1.29, 1.82) is 0 Å². The summed E-state index contributed by atoms with van der Waals surface area (Å²) < 4.78 is 13.6. The highest BCUT2D eigenvalue weighted by Gasteiger charge is 2.30. The van der Waals surface area contributed by atoms with Crippen molar-refractivity contribution < 1.29 is 14.3 Å². The Balaban J connectivity index is 2.03. The minimum absolute atomic E-state index is 0.0279. The molecule has 17 heavy (non-hydrogen) atoms. The number of rotatable bonds is 3. The summed E-state index contributed by atoms with van der Waals surface area (Å²) in [6, 6.07) is -0.0279. The minimum atomic E-state index is -0.784. The lowest BCUT2D eigenvalue weighted by Crippen LogP contribution is -2.19. The summed E-state index contributed by atoms with van der Waals surface area (Å²) in [5.74, 6) is -1.42. The van der Waals surface area contributed by atoms with Gasteiger partial charge in [-0.1, -0.05) is 0 Å². The molecular formula is C11H14FN3O2. The molecule has 0 saturated heterocycles. The van der Waals surface area contributed by atoms with Gasteiger partial charge >= 0.3 is 5.97 Å². The van der Waals surface area contributed by atoms with Crippen LogP contribution in [0.4, 0.5) is 10.2 Å². The minimum Gasteiger partial charge on any atom is -0.481 e. The Morgan fingerprint density at radius 1 is 1.53 bits per heavy atom. The fourth-order valence-corrected chi connectivity index (χ4v) is 2.09. The van der Waals surface area contributed by atoms with E-state index in [9.17, 15) is 9.18 Å². The Morgan fingerprint density at radius 3 is 2.94 bits per heavy atom. The van der Waals surface area contributed by atoms with Crippen LogP contribution < -0.4 is 5.32 Å². The van der Waals surface area contributed by atoms with Gasteiger partial charge in [-0.2, -0.15) is 0 Å². The summed E-state index contributed by atoms with van der Waals surface area (Å²) in [5.41, 5.74) is 0.287. The number of carboxylic acid groups (broad SMARTS) is 1. The van der Waals surface area contributed by atoms with Crippen molar-refractivity contribution in [3.8, 4) is 0 Å². The van der Waals surface area contributed by atoms with Gasteiger partial charge in [0.05, 0.1) is 11.6 Å². The van der Waals surface area contributed by atoms with E-state index in [1.807, 2.05) is 0 Å². The van der Waals surface area contributed by atoms with Gasteiger partial charge in [0, 0.05) is 6.04 Å². The monoisotopic (exact) mass is 239 g/mol. The van der Waals surface area contributed by atoms with E-state index in [0.29, 0.717) is 12.8 Å². The normalized spacial score (nSPS) is 23.6. The molecule has 1 aromatic heterocycles. The van der Waals surface area contributed by atoms with Gasteiger partial charge in [0.1, 0.15) is 6.33 Å². The molecule has 2 rings (SSSR count). The van der Waals surface area contributed by atoms with Crippen LogP contribution in [0.15, 0.2) is 6.33 Å². The zero-order chi connectivity index (χ0) is 12.4. The Bertz CT molecular complexity index is 439. The average molecular weight is 239 g/mol. The van der Waals surface area contributed by atoms with Gasteiger partial charge in [0.2, 0.25) is 0 Å². The number of nitrogens with one attached hydrogen (secondary N) is 1. The number of aryl methyl sites for hydroxylation is 1. The number of anilines is 1. The van der Waals surface area contributed by atoms with Crippen LogP contribution in [0.3, 0.4) is 0 Å². The van der Waals surface area contributed by atoms with E-state index in [1.165, 1.54) is 6.33 Å². The first kappa shape index (κ1) is 11.8. The molecule has 1 aliphatic carbocycles. The number of nitrogens with zero attached hydrogens (tertiary/aromatic N) is 2. The van der Waals surface area contributed by atoms with Crippen LogP contribution in [0.25, 0.3) is 0 Å². The second kappa shape index (κ2) is 4.65. The largest absolute Gasteiger partial charge is 0.481 e. The smallest absolute Gasteiger partial charge is 0.306 e. The lowest BCUT2D eigenvalue weighted by atomic mass is 10.1. The number of aliphatic carboxylic acids is 1. The molecule has 0 aliphatic heterocycles. The zero-order valence-electron chi connectivity index (χ0n) is 9.48. The SMILES string of the molecule is Cc1ncnc(NC2CCC(C(=O)O)C2)c1F. The van der Waals surface area contributed by atoms with E-state index >= 15 is 0 Å².